The SMILES string of the molecule is Cc1c(NC(=O)c2ccc(OCC3CC3)cc2)ccc2cc(CN)cnc12. The molecular weight excluding hydrogens is 338 g/mol. The van der Waals surface area contributed by atoms with Crippen LogP contribution >= 0.6 is 0 Å². The number of aromatic nitrogens is 1. The van der Waals surface area contributed by atoms with Crippen molar-refractivity contribution in [3.05, 3.63) is 65.4 Å². The molecule has 4 rings (SSSR count). The Balaban J connectivity index is 1.49. The molecule has 0 aliphatic heterocycles. The molecule has 27 heavy (non-hydrogen) atoms. The van der Waals surface area contributed by atoms with Crippen molar-refractivity contribution in [2.45, 2.75) is 26.3 Å². The molecule has 1 aliphatic carbocycles. The minimum Gasteiger partial charge on any atom is -0.493 e. The first-order valence-electron chi connectivity index (χ1n) is 9.26. The fourth-order valence-electron chi connectivity index (χ4n) is 3.04. The highest BCUT2D eigenvalue weighted by Gasteiger charge is 2.21. The van der Waals surface area contributed by atoms with E-state index in [0.29, 0.717) is 18.0 Å². The molecule has 0 bridgehead atoms. The first-order valence-corrected chi connectivity index (χ1v) is 9.26. The molecule has 3 aromatic rings. The van der Waals surface area contributed by atoms with Crippen LogP contribution in [0, 0.1) is 12.8 Å². The molecule has 0 radical (unpaired) electrons. The van der Waals surface area contributed by atoms with Gasteiger partial charge in [-0.15, -0.1) is 0 Å². The van der Waals surface area contributed by atoms with Crippen molar-refractivity contribution >= 4 is 22.5 Å². The van der Waals surface area contributed by atoms with Crippen molar-refractivity contribution in [3.63, 3.8) is 0 Å². The number of benzene rings is 2. The summed E-state index contributed by atoms with van der Waals surface area (Å²) in [5.74, 6) is 1.36. The third-order valence-corrected chi connectivity index (χ3v) is 4.95. The average molecular weight is 361 g/mol. The summed E-state index contributed by atoms with van der Waals surface area (Å²) in [6.45, 7) is 3.18. The lowest BCUT2D eigenvalue weighted by Gasteiger charge is -2.12. The van der Waals surface area contributed by atoms with Gasteiger partial charge >= 0.3 is 0 Å². The number of carbonyl (C=O) groups is 1. The van der Waals surface area contributed by atoms with Crippen molar-refractivity contribution in [1.82, 2.24) is 4.98 Å². The quantitative estimate of drug-likeness (QED) is 0.694. The number of fused-ring (bicyclic) bond motifs is 1. The van der Waals surface area contributed by atoms with Crippen LogP contribution in [0.2, 0.25) is 0 Å². The number of amides is 1. The van der Waals surface area contributed by atoms with Gasteiger partial charge in [-0.1, -0.05) is 6.07 Å². The molecule has 1 aliphatic rings. The van der Waals surface area contributed by atoms with Gasteiger partial charge in [0.15, 0.2) is 0 Å². The molecule has 5 nitrogen and oxygen atoms in total. The number of pyridine rings is 1. The first-order chi connectivity index (χ1) is 13.1. The molecule has 0 atom stereocenters. The van der Waals surface area contributed by atoms with Gasteiger partial charge in [-0.2, -0.15) is 0 Å². The number of aryl methyl sites for hydroxylation is 1. The Bertz CT molecular complexity index is 979. The molecule has 0 unspecified atom stereocenters. The van der Waals surface area contributed by atoms with Gasteiger partial charge < -0.3 is 15.8 Å². The molecule has 1 heterocycles. The monoisotopic (exact) mass is 361 g/mol. The Morgan fingerprint density at radius 1 is 1.22 bits per heavy atom. The standard InChI is InChI=1S/C22H23N3O2/c1-14-20(9-6-18-10-16(11-23)12-24-21(14)18)25-22(26)17-4-7-19(8-5-17)27-13-15-2-3-15/h4-10,12,15H,2-3,11,13,23H2,1H3,(H,25,26). The molecule has 138 valence electrons. The zero-order valence-electron chi connectivity index (χ0n) is 15.4. The highest BCUT2D eigenvalue weighted by molar-refractivity contribution is 6.06. The Kier molecular flexibility index (Phi) is 4.77. The lowest BCUT2D eigenvalue weighted by molar-refractivity contribution is 0.102. The van der Waals surface area contributed by atoms with Crippen LogP contribution < -0.4 is 15.8 Å². The third kappa shape index (κ3) is 3.93. The summed E-state index contributed by atoms with van der Waals surface area (Å²) >= 11 is 0. The second-order valence-corrected chi connectivity index (χ2v) is 7.09. The smallest absolute Gasteiger partial charge is 0.255 e. The number of nitrogens with zero attached hydrogens (tertiary/aromatic N) is 1. The summed E-state index contributed by atoms with van der Waals surface area (Å²) in [4.78, 5) is 17.1. The lowest BCUT2D eigenvalue weighted by atomic mass is 10.1. The van der Waals surface area contributed by atoms with Crippen molar-refractivity contribution in [3.8, 4) is 5.75 Å². The van der Waals surface area contributed by atoms with E-state index >= 15 is 0 Å². The maximum atomic E-state index is 12.6. The molecule has 1 saturated carbocycles. The van der Waals surface area contributed by atoms with Crippen molar-refractivity contribution in [1.29, 1.82) is 0 Å². The van der Waals surface area contributed by atoms with Crippen LogP contribution in [0.1, 0.15) is 34.3 Å². The number of ether oxygens (including phenoxy) is 1. The van der Waals surface area contributed by atoms with Gasteiger partial charge in [-0.25, -0.2) is 0 Å². The predicted molar refractivity (Wildman–Crippen MR) is 107 cm³/mol. The van der Waals surface area contributed by atoms with Crippen LogP contribution in [0.15, 0.2) is 48.7 Å². The molecule has 3 N–H and O–H groups in total. The fourth-order valence-corrected chi connectivity index (χ4v) is 3.04. The summed E-state index contributed by atoms with van der Waals surface area (Å²) < 4.78 is 5.72. The number of nitrogens with one attached hydrogen (secondary N) is 1. The lowest BCUT2D eigenvalue weighted by Crippen LogP contribution is -2.13. The minimum atomic E-state index is -0.148. The first kappa shape index (κ1) is 17.5. The van der Waals surface area contributed by atoms with E-state index in [1.165, 1.54) is 12.8 Å². The second kappa shape index (κ2) is 7.37. The van der Waals surface area contributed by atoms with E-state index in [4.69, 9.17) is 10.5 Å². The molecule has 1 amide bonds. The summed E-state index contributed by atoms with van der Waals surface area (Å²) in [7, 11) is 0. The maximum absolute atomic E-state index is 12.6. The highest BCUT2D eigenvalue weighted by atomic mass is 16.5. The van der Waals surface area contributed by atoms with Crippen LogP contribution in [0.5, 0.6) is 5.75 Å². The number of hydrogen-bond donors (Lipinski definition) is 2. The Morgan fingerprint density at radius 2 is 2.00 bits per heavy atom. The molecular formula is C22H23N3O2. The van der Waals surface area contributed by atoms with E-state index in [2.05, 4.69) is 10.3 Å². The van der Waals surface area contributed by atoms with Crippen LogP contribution in [0.3, 0.4) is 0 Å². The van der Waals surface area contributed by atoms with Gasteiger partial charge in [0.1, 0.15) is 5.75 Å². The molecule has 1 fully saturated rings. The highest BCUT2D eigenvalue weighted by Crippen LogP contribution is 2.29. The zero-order chi connectivity index (χ0) is 18.8. The van der Waals surface area contributed by atoms with E-state index in [-0.39, 0.29) is 5.91 Å². The normalized spacial score (nSPS) is 13.6. The van der Waals surface area contributed by atoms with E-state index in [1.54, 1.807) is 18.3 Å². The van der Waals surface area contributed by atoms with Crippen LogP contribution in [-0.4, -0.2) is 17.5 Å². The van der Waals surface area contributed by atoms with Gasteiger partial charge in [0.25, 0.3) is 5.91 Å². The van der Waals surface area contributed by atoms with Crippen molar-refractivity contribution in [2.24, 2.45) is 11.7 Å². The Morgan fingerprint density at radius 3 is 2.70 bits per heavy atom. The molecule has 1 aromatic heterocycles. The van der Waals surface area contributed by atoms with Crippen LogP contribution in [-0.2, 0) is 6.54 Å². The van der Waals surface area contributed by atoms with Crippen LogP contribution in [0.25, 0.3) is 10.9 Å². The summed E-state index contributed by atoms with van der Waals surface area (Å²) in [5.41, 5.74) is 9.83. The predicted octanol–water partition coefficient (Wildman–Crippen LogP) is 4.04. The van der Waals surface area contributed by atoms with E-state index in [0.717, 1.165) is 40.1 Å². The maximum Gasteiger partial charge on any atom is 0.255 e. The number of carbonyl (C=O) groups excluding carboxylic acids is 1. The summed E-state index contributed by atoms with van der Waals surface area (Å²) in [6.07, 6.45) is 4.29. The van der Waals surface area contributed by atoms with Gasteiger partial charge in [0, 0.05) is 29.4 Å². The molecule has 2 aromatic carbocycles. The van der Waals surface area contributed by atoms with E-state index in [1.807, 2.05) is 37.3 Å². The molecule has 0 spiro atoms. The zero-order valence-corrected chi connectivity index (χ0v) is 15.4. The summed E-state index contributed by atoms with van der Waals surface area (Å²) in [6, 6.07) is 13.2. The Hall–Kier alpha value is -2.92. The largest absolute Gasteiger partial charge is 0.493 e. The topological polar surface area (TPSA) is 77.2 Å². The number of rotatable bonds is 6. The van der Waals surface area contributed by atoms with Crippen LogP contribution in [0.4, 0.5) is 5.69 Å². The Labute approximate surface area is 158 Å². The van der Waals surface area contributed by atoms with Gasteiger partial charge in [0.2, 0.25) is 0 Å². The van der Waals surface area contributed by atoms with Crippen molar-refractivity contribution in [2.75, 3.05) is 11.9 Å². The van der Waals surface area contributed by atoms with E-state index < -0.39 is 0 Å². The molecule has 5 heteroatoms. The van der Waals surface area contributed by atoms with E-state index in [9.17, 15) is 4.79 Å². The molecule has 0 saturated heterocycles. The number of hydrogen-bond acceptors (Lipinski definition) is 4. The third-order valence-electron chi connectivity index (χ3n) is 4.95. The number of anilines is 1. The van der Waals surface area contributed by atoms with Gasteiger partial charge in [-0.3, -0.25) is 9.78 Å². The van der Waals surface area contributed by atoms with Crippen molar-refractivity contribution < 1.29 is 9.53 Å². The fraction of sp³-hybridized carbons (Fsp3) is 0.273. The van der Waals surface area contributed by atoms with Gasteiger partial charge in [0.05, 0.1) is 12.1 Å². The number of nitrogens with two attached hydrogens (primary N) is 1. The summed E-state index contributed by atoms with van der Waals surface area (Å²) in [5, 5.41) is 4.00. The average Bonchev–Trinajstić information content (AvgIpc) is 3.53. The minimum absolute atomic E-state index is 0.148. The van der Waals surface area contributed by atoms with Gasteiger partial charge in [-0.05, 0) is 73.2 Å². The second-order valence-electron chi connectivity index (χ2n) is 7.09.